The minimum Gasteiger partial charge on any atom is -0.493 e. The molecular formula is C48H54N8O7. The highest BCUT2D eigenvalue weighted by Crippen LogP contribution is 2.40. The first-order chi connectivity index (χ1) is 30.3. The third-order valence-corrected chi connectivity index (χ3v) is 11.2. The van der Waals surface area contributed by atoms with E-state index in [1.54, 1.807) is 70.9 Å². The van der Waals surface area contributed by atoms with Crippen LogP contribution in [0.1, 0.15) is 75.6 Å². The first-order valence-corrected chi connectivity index (χ1v) is 20.9. The van der Waals surface area contributed by atoms with Gasteiger partial charge in [-0.3, -0.25) is 24.2 Å². The summed E-state index contributed by atoms with van der Waals surface area (Å²) in [4.78, 5) is 58.6. The van der Waals surface area contributed by atoms with Crippen LogP contribution < -0.4 is 30.7 Å². The van der Waals surface area contributed by atoms with Crippen LogP contribution in [0.25, 0.3) is 16.7 Å². The lowest BCUT2D eigenvalue weighted by molar-refractivity contribution is -0.116. The summed E-state index contributed by atoms with van der Waals surface area (Å²) < 4.78 is 21.2. The number of hydrogen-bond acceptors (Lipinski definition) is 9. The lowest BCUT2D eigenvalue weighted by Gasteiger charge is -2.26. The number of benzene rings is 3. The SMILES string of the molecule is CNCCOC(C)(C)c1ccc(C2=CN3C(=O)c4cc(OC)c(OCCCC(=O)Nc5cc(C(=O)Nc6ccc(-c7cc(C(=O)NC)n(C)c7)cc6)n(C)c5)cc4N=CC3C2)cc1. The Morgan fingerprint density at radius 2 is 1.52 bits per heavy atom. The van der Waals surface area contributed by atoms with Gasteiger partial charge >= 0.3 is 0 Å². The smallest absolute Gasteiger partial charge is 0.272 e. The van der Waals surface area contributed by atoms with Crippen molar-refractivity contribution in [3.05, 3.63) is 119 Å². The molecule has 15 heteroatoms. The van der Waals surface area contributed by atoms with Gasteiger partial charge in [0.2, 0.25) is 5.91 Å². The van der Waals surface area contributed by atoms with Gasteiger partial charge in [0.1, 0.15) is 11.4 Å². The molecule has 63 heavy (non-hydrogen) atoms. The lowest BCUT2D eigenvalue weighted by Crippen LogP contribution is -2.32. The Balaban J connectivity index is 0.905. The molecule has 0 bridgehead atoms. The third-order valence-electron chi connectivity index (χ3n) is 11.2. The molecule has 5 aromatic rings. The fourth-order valence-electron chi connectivity index (χ4n) is 7.66. The number of anilines is 2. The molecule has 328 valence electrons. The Morgan fingerprint density at radius 3 is 2.24 bits per heavy atom. The largest absolute Gasteiger partial charge is 0.493 e. The number of aromatic nitrogens is 2. The van der Waals surface area contributed by atoms with Crippen LogP contribution >= 0.6 is 0 Å². The molecule has 0 spiro atoms. The van der Waals surface area contributed by atoms with Gasteiger partial charge in [-0.1, -0.05) is 36.4 Å². The highest BCUT2D eigenvalue weighted by Gasteiger charge is 2.34. The van der Waals surface area contributed by atoms with Crippen LogP contribution in [0.3, 0.4) is 0 Å². The van der Waals surface area contributed by atoms with Crippen LogP contribution in [0.15, 0.2) is 96.4 Å². The Morgan fingerprint density at radius 1 is 0.810 bits per heavy atom. The van der Waals surface area contributed by atoms with Gasteiger partial charge in [0.25, 0.3) is 17.7 Å². The predicted octanol–water partition coefficient (Wildman–Crippen LogP) is 6.89. The summed E-state index contributed by atoms with van der Waals surface area (Å²) in [6, 6.07) is 22.2. The van der Waals surface area contributed by atoms with Crippen molar-refractivity contribution >= 4 is 52.5 Å². The van der Waals surface area contributed by atoms with Gasteiger partial charge in [0.15, 0.2) is 11.5 Å². The number of carbonyl (C=O) groups excluding carboxylic acids is 4. The Bertz CT molecular complexity index is 2570. The second-order valence-electron chi connectivity index (χ2n) is 16.0. The van der Waals surface area contributed by atoms with E-state index in [4.69, 9.17) is 19.2 Å². The number of fused-ring (bicyclic) bond motifs is 2. The summed E-state index contributed by atoms with van der Waals surface area (Å²) in [6.45, 7) is 5.70. The average Bonchev–Trinajstić information content (AvgIpc) is 3.98. The summed E-state index contributed by atoms with van der Waals surface area (Å²) in [5.41, 5.74) is 7.37. The number of likely N-dealkylation sites (N-methyl/N-ethyl adjacent to an activating group) is 1. The third kappa shape index (κ3) is 9.90. The summed E-state index contributed by atoms with van der Waals surface area (Å²) in [6.07, 6.45) is 8.44. The highest BCUT2D eigenvalue weighted by atomic mass is 16.5. The van der Waals surface area contributed by atoms with E-state index in [0.717, 1.165) is 34.4 Å². The molecule has 4 heterocycles. The summed E-state index contributed by atoms with van der Waals surface area (Å²) in [7, 11) is 8.55. The van der Waals surface area contributed by atoms with Gasteiger partial charge in [0.05, 0.1) is 48.9 Å². The normalized spacial score (nSPS) is 14.4. The zero-order chi connectivity index (χ0) is 44.8. The molecule has 2 aliphatic heterocycles. The molecule has 3 aromatic carbocycles. The number of ether oxygens (including phenoxy) is 3. The first-order valence-electron chi connectivity index (χ1n) is 20.9. The minimum absolute atomic E-state index is 0.162. The number of carbonyl (C=O) groups is 4. The van der Waals surface area contributed by atoms with Crippen molar-refractivity contribution in [1.82, 2.24) is 24.7 Å². The Kier molecular flexibility index (Phi) is 13.3. The summed E-state index contributed by atoms with van der Waals surface area (Å²) in [5.74, 6) is -0.125. The monoisotopic (exact) mass is 854 g/mol. The van der Waals surface area contributed by atoms with Gasteiger partial charge in [-0.05, 0) is 79.9 Å². The molecule has 1 atom stereocenters. The van der Waals surface area contributed by atoms with Gasteiger partial charge in [0, 0.05) is 82.7 Å². The summed E-state index contributed by atoms with van der Waals surface area (Å²) in [5, 5.41) is 11.5. The maximum Gasteiger partial charge on any atom is 0.272 e. The van der Waals surface area contributed by atoms with Crippen LogP contribution in [0.2, 0.25) is 0 Å². The van der Waals surface area contributed by atoms with Gasteiger partial charge in [-0.15, -0.1) is 0 Å². The second kappa shape index (κ2) is 19.0. The lowest BCUT2D eigenvalue weighted by atomic mass is 9.94. The van der Waals surface area contributed by atoms with Gasteiger partial charge in [-0.2, -0.15) is 0 Å². The van der Waals surface area contributed by atoms with Crippen LogP contribution in [0.5, 0.6) is 11.5 Å². The number of rotatable bonds is 17. The van der Waals surface area contributed by atoms with Crippen molar-refractivity contribution in [2.75, 3.05) is 51.6 Å². The van der Waals surface area contributed by atoms with Crippen molar-refractivity contribution in [2.24, 2.45) is 19.1 Å². The fraction of sp³-hybridized carbons (Fsp3) is 0.312. The van der Waals surface area contributed by atoms with E-state index in [0.29, 0.717) is 65.0 Å². The average molecular weight is 855 g/mol. The van der Waals surface area contributed by atoms with Crippen molar-refractivity contribution in [3.63, 3.8) is 0 Å². The predicted molar refractivity (Wildman–Crippen MR) is 244 cm³/mol. The van der Waals surface area contributed by atoms with E-state index < -0.39 is 5.60 Å². The quantitative estimate of drug-likeness (QED) is 0.0734. The van der Waals surface area contributed by atoms with E-state index in [-0.39, 0.29) is 42.7 Å². The first kappa shape index (κ1) is 44.1. The molecule has 7 rings (SSSR count). The molecule has 1 unspecified atom stereocenters. The number of methoxy groups -OCH3 is 1. The molecule has 2 aliphatic rings. The molecule has 4 amide bonds. The zero-order valence-corrected chi connectivity index (χ0v) is 36.7. The number of hydrogen-bond donors (Lipinski definition) is 4. The van der Waals surface area contributed by atoms with Crippen molar-refractivity contribution in [3.8, 4) is 22.6 Å². The maximum atomic E-state index is 13.9. The number of aliphatic imine (C=N–C) groups is 1. The van der Waals surface area contributed by atoms with E-state index in [1.807, 2.05) is 44.7 Å². The van der Waals surface area contributed by atoms with Crippen LogP contribution in [0, 0.1) is 0 Å². The fourth-order valence-corrected chi connectivity index (χ4v) is 7.66. The van der Waals surface area contributed by atoms with Gasteiger partial charge in [-0.25, -0.2) is 0 Å². The summed E-state index contributed by atoms with van der Waals surface area (Å²) >= 11 is 0. The molecule has 0 fully saturated rings. The van der Waals surface area contributed by atoms with E-state index >= 15 is 0 Å². The number of aryl methyl sites for hydroxylation is 2. The van der Waals surface area contributed by atoms with E-state index in [2.05, 4.69) is 59.4 Å². The van der Waals surface area contributed by atoms with E-state index in [1.165, 1.54) is 7.11 Å². The molecule has 4 N–H and O–H groups in total. The van der Waals surface area contributed by atoms with E-state index in [9.17, 15) is 19.2 Å². The molecule has 0 saturated carbocycles. The molecule has 0 saturated heterocycles. The van der Waals surface area contributed by atoms with Crippen molar-refractivity contribution in [2.45, 2.75) is 44.8 Å². The van der Waals surface area contributed by atoms with Crippen molar-refractivity contribution in [1.29, 1.82) is 0 Å². The minimum atomic E-state index is -0.432. The maximum absolute atomic E-state index is 13.9. The van der Waals surface area contributed by atoms with Crippen LogP contribution in [-0.2, 0) is 29.2 Å². The number of nitrogens with one attached hydrogen (secondary N) is 4. The highest BCUT2D eigenvalue weighted by molar-refractivity contribution is 6.06. The Hall–Kier alpha value is -6.97. The van der Waals surface area contributed by atoms with Gasteiger partial charge < -0.3 is 49.5 Å². The molecule has 0 radical (unpaired) electrons. The number of nitrogens with zero attached hydrogens (tertiary/aromatic N) is 4. The molecule has 0 aliphatic carbocycles. The second-order valence-corrected chi connectivity index (χ2v) is 16.0. The zero-order valence-electron chi connectivity index (χ0n) is 36.7. The van der Waals surface area contributed by atoms with Crippen LogP contribution in [-0.4, -0.2) is 90.9 Å². The van der Waals surface area contributed by atoms with Crippen molar-refractivity contribution < 1.29 is 33.4 Å². The molecule has 2 aromatic heterocycles. The Labute approximate surface area is 367 Å². The standard InChI is InChI=1S/C48H54N8O7/c1-48(2,63-20-18-49-3)34-14-10-30(11-15-34)32-21-37-26-51-39-25-43(42(61-7)24-38(39)47(60)56(37)28-32)62-19-8-9-44(57)52-36-23-41(55(6)29-36)46(59)53-35-16-12-31(13-17-35)33-22-40(45(58)50-4)54(5)27-33/h10-17,22-29,37,49H,8-9,18-21H2,1-7H3,(H,50,58)(H,52,57)(H,53,59). The number of amides is 4. The molecule has 15 nitrogen and oxygen atoms in total. The molecular weight excluding hydrogens is 801 g/mol. The van der Waals surface area contributed by atoms with Crippen LogP contribution in [0.4, 0.5) is 17.1 Å². The topological polar surface area (TPSA) is 170 Å².